The van der Waals surface area contributed by atoms with Crippen molar-refractivity contribution in [3.8, 4) is 0 Å². The molecule has 3 heteroatoms. The van der Waals surface area contributed by atoms with Crippen LogP contribution in [0.2, 0.25) is 0 Å². The maximum absolute atomic E-state index is 9.27. The minimum Gasteiger partial charge on any atom is -0.182 e. The third-order valence-corrected chi connectivity index (χ3v) is 1.79. The number of benzene rings is 1. The number of hydroxylamine groups is 4. The molecule has 0 saturated heterocycles. The summed E-state index contributed by atoms with van der Waals surface area (Å²) in [4.78, 5) is -0.940. The van der Waals surface area contributed by atoms with E-state index in [4.69, 9.17) is 0 Å². The molecule has 0 bridgehead atoms. The van der Waals surface area contributed by atoms with Crippen LogP contribution >= 0.6 is 0 Å². The van der Waals surface area contributed by atoms with Crippen molar-refractivity contribution in [2.75, 3.05) is 6.54 Å². The van der Waals surface area contributed by atoms with Gasteiger partial charge in [-0.2, -0.15) is 10.4 Å². The van der Waals surface area contributed by atoms with E-state index in [1.54, 1.807) is 6.92 Å². The Labute approximate surface area is 72.0 Å². The van der Waals surface area contributed by atoms with Gasteiger partial charge >= 0.3 is 0 Å². The second-order valence-electron chi connectivity index (χ2n) is 2.84. The zero-order valence-electron chi connectivity index (χ0n) is 7.14. The van der Waals surface area contributed by atoms with Gasteiger partial charge in [-0.05, 0) is 11.7 Å². The molecule has 0 aliphatic rings. The van der Waals surface area contributed by atoms with Crippen LogP contribution < -0.4 is 0 Å². The fourth-order valence-electron chi connectivity index (χ4n) is 0.988. The molecule has 2 N–H and O–H groups in total. The number of rotatable bonds is 3. The maximum Gasteiger partial charge on any atom is 0.167 e. The number of hydrogen-bond donors (Lipinski definition) is 2. The third kappa shape index (κ3) is 2.62. The van der Waals surface area contributed by atoms with Gasteiger partial charge in [0.1, 0.15) is 6.54 Å². The zero-order chi connectivity index (χ0) is 9.03. The summed E-state index contributed by atoms with van der Waals surface area (Å²) in [6.07, 6.45) is 0. The van der Waals surface area contributed by atoms with Gasteiger partial charge in [0.15, 0.2) is 6.54 Å². The van der Waals surface area contributed by atoms with Crippen LogP contribution in [-0.4, -0.2) is 21.8 Å². The van der Waals surface area contributed by atoms with Crippen LogP contribution in [0.4, 0.5) is 0 Å². The molecule has 12 heavy (non-hydrogen) atoms. The van der Waals surface area contributed by atoms with E-state index in [2.05, 4.69) is 0 Å². The Morgan fingerprint density at radius 2 is 1.75 bits per heavy atom. The first-order valence-electron chi connectivity index (χ1n) is 4.00. The minimum absolute atomic E-state index is 0.233. The molecule has 0 aromatic heterocycles. The second-order valence-corrected chi connectivity index (χ2v) is 2.84. The summed E-state index contributed by atoms with van der Waals surface area (Å²) in [6, 6.07) is 9.40. The fraction of sp³-hybridized carbons (Fsp3) is 0.333. The Hall–Kier alpha value is -0.900. The molecule has 0 aliphatic heterocycles. The lowest BCUT2D eigenvalue weighted by Crippen LogP contribution is -2.39. The summed E-state index contributed by atoms with van der Waals surface area (Å²) in [7, 11) is 0. The third-order valence-electron chi connectivity index (χ3n) is 1.79. The lowest BCUT2D eigenvalue weighted by atomic mass is 10.2. The van der Waals surface area contributed by atoms with Crippen LogP contribution in [0.25, 0.3) is 0 Å². The molecule has 0 spiro atoms. The predicted octanol–water partition coefficient (Wildman–Crippen LogP) is 1.80. The Kier molecular flexibility index (Phi) is 2.81. The van der Waals surface area contributed by atoms with E-state index in [1.807, 2.05) is 30.3 Å². The number of quaternary nitrogens is 1. The SMILES string of the molecule is CC[N+](O)(O)Cc1ccccc1. The molecule has 0 amide bonds. The number of hydrogen-bond acceptors (Lipinski definition) is 2. The van der Waals surface area contributed by atoms with E-state index in [0.717, 1.165) is 5.56 Å². The van der Waals surface area contributed by atoms with Crippen LogP contribution in [0.1, 0.15) is 12.5 Å². The van der Waals surface area contributed by atoms with E-state index in [0.29, 0.717) is 0 Å². The molecule has 1 aromatic rings. The van der Waals surface area contributed by atoms with Crippen molar-refractivity contribution >= 4 is 0 Å². The van der Waals surface area contributed by atoms with E-state index in [9.17, 15) is 10.4 Å². The Morgan fingerprint density at radius 1 is 1.17 bits per heavy atom. The average molecular weight is 168 g/mol. The van der Waals surface area contributed by atoms with Gasteiger partial charge in [0.2, 0.25) is 0 Å². The monoisotopic (exact) mass is 168 g/mol. The van der Waals surface area contributed by atoms with Gasteiger partial charge in [-0.3, -0.25) is 0 Å². The maximum atomic E-state index is 9.27. The van der Waals surface area contributed by atoms with E-state index < -0.39 is 4.81 Å². The molecule has 0 heterocycles. The number of nitrogens with zero attached hydrogens (tertiary/aromatic N) is 1. The minimum atomic E-state index is -0.940. The first kappa shape index (κ1) is 9.19. The molecule has 0 atom stereocenters. The highest BCUT2D eigenvalue weighted by Crippen LogP contribution is 2.06. The van der Waals surface area contributed by atoms with Gasteiger partial charge in [-0.15, -0.1) is 0 Å². The van der Waals surface area contributed by atoms with Crippen LogP contribution in [0.15, 0.2) is 30.3 Å². The van der Waals surface area contributed by atoms with Crippen LogP contribution in [0, 0.1) is 0 Å². The van der Waals surface area contributed by atoms with Crippen LogP contribution in [0.5, 0.6) is 0 Å². The van der Waals surface area contributed by atoms with Gasteiger partial charge in [0.05, 0.1) is 0 Å². The Bertz CT molecular complexity index is 234. The van der Waals surface area contributed by atoms with Gasteiger partial charge in [0.25, 0.3) is 0 Å². The fourth-order valence-corrected chi connectivity index (χ4v) is 0.988. The highest BCUT2D eigenvalue weighted by molar-refractivity contribution is 5.13. The topological polar surface area (TPSA) is 40.5 Å². The van der Waals surface area contributed by atoms with Crippen molar-refractivity contribution in [3.63, 3.8) is 0 Å². The summed E-state index contributed by atoms with van der Waals surface area (Å²) in [5.41, 5.74) is 0.921. The normalized spacial score (nSPS) is 11.6. The molecular formula is C9H14NO2+. The molecule has 3 nitrogen and oxygen atoms in total. The van der Waals surface area contributed by atoms with Gasteiger partial charge in [-0.1, -0.05) is 30.3 Å². The lowest BCUT2D eigenvalue weighted by molar-refractivity contribution is -1.25. The summed E-state index contributed by atoms with van der Waals surface area (Å²) in [6.45, 7) is 2.25. The lowest BCUT2D eigenvalue weighted by Gasteiger charge is -2.18. The summed E-state index contributed by atoms with van der Waals surface area (Å²) >= 11 is 0. The molecule has 0 aliphatic carbocycles. The van der Waals surface area contributed by atoms with Gasteiger partial charge in [-0.25, -0.2) is 0 Å². The van der Waals surface area contributed by atoms with Crippen molar-refractivity contribution in [1.29, 1.82) is 0 Å². The summed E-state index contributed by atoms with van der Waals surface area (Å²) < 4.78 is 0. The van der Waals surface area contributed by atoms with E-state index >= 15 is 0 Å². The quantitative estimate of drug-likeness (QED) is 0.533. The highest BCUT2D eigenvalue weighted by atomic mass is 16.8. The van der Waals surface area contributed by atoms with Crippen LogP contribution in [0.3, 0.4) is 0 Å². The molecule has 1 aromatic carbocycles. The standard InChI is InChI=1S/C9H14NO2/c1-2-10(11,12)8-9-6-4-3-5-7-9/h3-7,11-12H,2,8H2,1H3/q+1. The van der Waals surface area contributed by atoms with Crippen molar-refractivity contribution in [2.45, 2.75) is 13.5 Å². The molecule has 66 valence electrons. The zero-order valence-corrected chi connectivity index (χ0v) is 7.14. The molecule has 1 rings (SSSR count). The molecule has 0 saturated carbocycles. The first-order valence-corrected chi connectivity index (χ1v) is 4.00. The Morgan fingerprint density at radius 3 is 2.25 bits per heavy atom. The smallest absolute Gasteiger partial charge is 0.167 e. The molecule has 0 unspecified atom stereocenters. The van der Waals surface area contributed by atoms with Gasteiger partial charge in [0, 0.05) is 5.56 Å². The van der Waals surface area contributed by atoms with Crippen molar-refractivity contribution < 1.29 is 15.2 Å². The molecule has 0 radical (unpaired) electrons. The summed E-state index contributed by atoms with van der Waals surface area (Å²) in [5, 5.41) is 18.5. The predicted molar refractivity (Wildman–Crippen MR) is 44.5 cm³/mol. The molecular weight excluding hydrogens is 154 g/mol. The van der Waals surface area contributed by atoms with Crippen LogP contribution in [-0.2, 0) is 6.54 Å². The van der Waals surface area contributed by atoms with E-state index in [1.165, 1.54) is 0 Å². The second kappa shape index (κ2) is 3.67. The van der Waals surface area contributed by atoms with Crippen molar-refractivity contribution in [3.05, 3.63) is 35.9 Å². The Balaban J connectivity index is 2.64. The summed E-state index contributed by atoms with van der Waals surface area (Å²) in [5.74, 6) is 0. The highest BCUT2D eigenvalue weighted by Gasteiger charge is 2.19. The van der Waals surface area contributed by atoms with Gasteiger partial charge < -0.3 is 0 Å². The molecule has 0 fully saturated rings. The van der Waals surface area contributed by atoms with E-state index in [-0.39, 0.29) is 13.1 Å². The van der Waals surface area contributed by atoms with Crippen molar-refractivity contribution in [1.82, 2.24) is 0 Å². The van der Waals surface area contributed by atoms with Crippen molar-refractivity contribution in [2.24, 2.45) is 0 Å². The largest absolute Gasteiger partial charge is 0.182 e. The first-order chi connectivity index (χ1) is 5.64. The average Bonchev–Trinajstić information content (AvgIpc) is 2.06.